The predicted molar refractivity (Wildman–Crippen MR) is 88.0 cm³/mol. The SMILES string of the molecule is COc1ccc2[nH]cc(CC(C)(C#N)N3CCCCC3)c2c1. The zero-order chi connectivity index (χ0) is 15.6. The van der Waals surface area contributed by atoms with Gasteiger partial charge >= 0.3 is 0 Å². The van der Waals surface area contributed by atoms with Crippen LogP contribution in [0.1, 0.15) is 31.7 Å². The van der Waals surface area contributed by atoms with Crippen LogP contribution in [0.2, 0.25) is 0 Å². The molecule has 4 heteroatoms. The molecule has 0 radical (unpaired) electrons. The Kier molecular flexibility index (Phi) is 4.08. The van der Waals surface area contributed by atoms with Gasteiger partial charge in [0.1, 0.15) is 11.3 Å². The summed E-state index contributed by atoms with van der Waals surface area (Å²) in [6, 6.07) is 8.60. The maximum atomic E-state index is 9.78. The maximum Gasteiger partial charge on any atom is 0.119 e. The van der Waals surface area contributed by atoms with Gasteiger partial charge in [-0.15, -0.1) is 0 Å². The van der Waals surface area contributed by atoms with Gasteiger partial charge in [0.2, 0.25) is 0 Å². The van der Waals surface area contributed by atoms with E-state index in [1.165, 1.54) is 24.8 Å². The number of methoxy groups -OCH3 is 1. The molecule has 22 heavy (non-hydrogen) atoms. The van der Waals surface area contributed by atoms with Crippen molar-refractivity contribution in [1.82, 2.24) is 9.88 Å². The highest BCUT2D eigenvalue weighted by Gasteiger charge is 2.33. The number of H-pyrrole nitrogens is 1. The fourth-order valence-electron chi connectivity index (χ4n) is 3.41. The third kappa shape index (κ3) is 2.69. The van der Waals surface area contributed by atoms with Crippen LogP contribution in [0, 0.1) is 11.3 Å². The van der Waals surface area contributed by atoms with E-state index in [2.05, 4.69) is 28.9 Å². The van der Waals surface area contributed by atoms with Gasteiger partial charge in [-0.1, -0.05) is 6.42 Å². The zero-order valence-electron chi connectivity index (χ0n) is 13.4. The molecule has 1 atom stereocenters. The lowest BCUT2D eigenvalue weighted by molar-refractivity contribution is 0.124. The number of fused-ring (bicyclic) bond motifs is 1. The second-order valence-corrected chi connectivity index (χ2v) is 6.34. The highest BCUT2D eigenvalue weighted by molar-refractivity contribution is 5.84. The summed E-state index contributed by atoms with van der Waals surface area (Å²) < 4.78 is 5.33. The molecule has 0 spiro atoms. The first-order valence-electron chi connectivity index (χ1n) is 7.96. The summed E-state index contributed by atoms with van der Waals surface area (Å²) in [4.78, 5) is 5.65. The lowest BCUT2D eigenvalue weighted by atomic mass is 9.90. The van der Waals surface area contributed by atoms with E-state index in [1.807, 2.05) is 18.3 Å². The van der Waals surface area contributed by atoms with Crippen molar-refractivity contribution in [2.24, 2.45) is 0 Å². The molecule has 0 bridgehead atoms. The molecule has 1 aliphatic rings. The largest absolute Gasteiger partial charge is 0.497 e. The van der Waals surface area contributed by atoms with Crippen molar-refractivity contribution in [3.05, 3.63) is 30.0 Å². The van der Waals surface area contributed by atoms with E-state index in [9.17, 15) is 5.26 Å². The van der Waals surface area contributed by atoms with E-state index in [1.54, 1.807) is 7.11 Å². The number of piperidine rings is 1. The quantitative estimate of drug-likeness (QED) is 0.940. The molecule has 1 saturated heterocycles. The van der Waals surface area contributed by atoms with E-state index >= 15 is 0 Å². The van der Waals surface area contributed by atoms with E-state index in [0.29, 0.717) is 0 Å². The molecule has 4 nitrogen and oxygen atoms in total. The smallest absolute Gasteiger partial charge is 0.119 e. The monoisotopic (exact) mass is 297 g/mol. The van der Waals surface area contributed by atoms with Gasteiger partial charge in [-0.3, -0.25) is 4.90 Å². The van der Waals surface area contributed by atoms with Gasteiger partial charge < -0.3 is 9.72 Å². The summed E-state index contributed by atoms with van der Waals surface area (Å²) in [6.07, 6.45) is 6.43. The van der Waals surface area contributed by atoms with Crippen LogP contribution in [-0.4, -0.2) is 35.6 Å². The number of aromatic nitrogens is 1. The van der Waals surface area contributed by atoms with Crippen molar-refractivity contribution in [2.45, 2.75) is 38.1 Å². The van der Waals surface area contributed by atoms with Crippen molar-refractivity contribution < 1.29 is 4.74 Å². The Labute approximate surface area is 131 Å². The van der Waals surface area contributed by atoms with E-state index in [4.69, 9.17) is 4.74 Å². The molecule has 1 fully saturated rings. The second kappa shape index (κ2) is 6.02. The van der Waals surface area contributed by atoms with Crippen molar-refractivity contribution in [1.29, 1.82) is 5.26 Å². The molecule has 116 valence electrons. The highest BCUT2D eigenvalue weighted by Crippen LogP contribution is 2.30. The van der Waals surface area contributed by atoms with Crippen molar-refractivity contribution >= 4 is 10.9 Å². The Balaban J connectivity index is 1.91. The number of aromatic amines is 1. The first-order valence-corrected chi connectivity index (χ1v) is 7.96. The molecule has 2 heterocycles. The van der Waals surface area contributed by atoms with Crippen molar-refractivity contribution in [3.8, 4) is 11.8 Å². The molecule has 1 aliphatic heterocycles. The molecule has 1 N–H and O–H groups in total. The Morgan fingerprint density at radius 3 is 2.77 bits per heavy atom. The summed E-state index contributed by atoms with van der Waals surface area (Å²) in [7, 11) is 1.68. The highest BCUT2D eigenvalue weighted by atomic mass is 16.5. The molecule has 0 saturated carbocycles. The minimum atomic E-state index is -0.446. The van der Waals surface area contributed by atoms with Crippen LogP contribution in [0.4, 0.5) is 0 Å². The van der Waals surface area contributed by atoms with Crippen LogP contribution < -0.4 is 4.74 Å². The second-order valence-electron chi connectivity index (χ2n) is 6.34. The minimum absolute atomic E-state index is 0.446. The third-order valence-corrected chi connectivity index (χ3v) is 4.80. The number of nitriles is 1. The number of hydrogen-bond acceptors (Lipinski definition) is 3. The van der Waals surface area contributed by atoms with Gasteiger partial charge in [0.15, 0.2) is 0 Å². The first-order chi connectivity index (χ1) is 10.7. The van der Waals surface area contributed by atoms with Crippen LogP contribution in [-0.2, 0) is 6.42 Å². The summed E-state index contributed by atoms with van der Waals surface area (Å²) in [5, 5.41) is 10.9. The minimum Gasteiger partial charge on any atom is -0.497 e. The van der Waals surface area contributed by atoms with Crippen LogP contribution in [0.5, 0.6) is 5.75 Å². The summed E-state index contributed by atoms with van der Waals surface area (Å²) >= 11 is 0. The molecule has 0 aliphatic carbocycles. The molecular formula is C18H23N3O. The molecule has 2 aromatic rings. The van der Waals surface area contributed by atoms with Crippen LogP contribution in [0.3, 0.4) is 0 Å². The normalized spacial score (nSPS) is 18.8. The van der Waals surface area contributed by atoms with Gasteiger partial charge in [-0.2, -0.15) is 5.26 Å². The Morgan fingerprint density at radius 1 is 1.32 bits per heavy atom. The van der Waals surface area contributed by atoms with Crippen molar-refractivity contribution in [3.63, 3.8) is 0 Å². The topological polar surface area (TPSA) is 52.1 Å². The average Bonchev–Trinajstić information content (AvgIpc) is 2.97. The number of benzene rings is 1. The zero-order valence-corrected chi connectivity index (χ0v) is 13.4. The number of rotatable bonds is 4. The van der Waals surface area contributed by atoms with Gasteiger partial charge in [-0.25, -0.2) is 0 Å². The van der Waals surface area contributed by atoms with Gasteiger partial charge in [0.25, 0.3) is 0 Å². The first kappa shape index (κ1) is 14.9. The Bertz CT molecular complexity index is 694. The fourth-order valence-corrected chi connectivity index (χ4v) is 3.41. The predicted octanol–water partition coefficient (Wildman–Crippen LogP) is 3.49. The van der Waals surface area contributed by atoms with E-state index in [0.717, 1.165) is 36.2 Å². The molecule has 1 unspecified atom stereocenters. The summed E-state index contributed by atoms with van der Waals surface area (Å²) in [5.41, 5.74) is 1.83. The van der Waals surface area contributed by atoms with Crippen LogP contribution in [0.15, 0.2) is 24.4 Å². The Hall–Kier alpha value is -1.99. The standard InChI is InChI=1S/C18H23N3O/c1-18(13-19,21-8-4-3-5-9-21)11-14-12-20-17-7-6-15(22-2)10-16(14)17/h6-7,10,12,20H,3-5,8-9,11H2,1-2H3. The number of nitrogens with one attached hydrogen (secondary N) is 1. The average molecular weight is 297 g/mol. The molecule has 1 aromatic carbocycles. The lowest BCUT2D eigenvalue weighted by Crippen LogP contribution is -2.49. The third-order valence-electron chi connectivity index (χ3n) is 4.80. The fraction of sp³-hybridized carbons (Fsp3) is 0.500. The van der Waals surface area contributed by atoms with Crippen LogP contribution in [0.25, 0.3) is 10.9 Å². The number of ether oxygens (including phenoxy) is 1. The van der Waals surface area contributed by atoms with Crippen LogP contribution >= 0.6 is 0 Å². The maximum absolute atomic E-state index is 9.78. The van der Waals surface area contributed by atoms with Gasteiger partial charge in [0.05, 0.1) is 13.2 Å². The van der Waals surface area contributed by atoms with Gasteiger partial charge in [-0.05, 0) is 56.6 Å². The lowest BCUT2D eigenvalue weighted by Gasteiger charge is -2.38. The number of likely N-dealkylation sites (tertiary alicyclic amines) is 1. The van der Waals surface area contributed by atoms with Crippen molar-refractivity contribution in [2.75, 3.05) is 20.2 Å². The molecule has 0 amide bonds. The molecule has 1 aromatic heterocycles. The molecular weight excluding hydrogens is 274 g/mol. The van der Waals surface area contributed by atoms with E-state index < -0.39 is 5.54 Å². The van der Waals surface area contributed by atoms with Gasteiger partial charge in [0, 0.05) is 23.5 Å². The number of nitrogens with zero attached hydrogens (tertiary/aromatic N) is 2. The molecule has 3 rings (SSSR count). The Morgan fingerprint density at radius 2 is 2.09 bits per heavy atom. The number of hydrogen-bond donors (Lipinski definition) is 1. The summed E-state index contributed by atoms with van der Waals surface area (Å²) in [6.45, 7) is 4.11. The van der Waals surface area contributed by atoms with E-state index in [-0.39, 0.29) is 0 Å². The summed E-state index contributed by atoms with van der Waals surface area (Å²) in [5.74, 6) is 0.852.